The number of amides is 1. The van der Waals surface area contributed by atoms with Crippen molar-refractivity contribution in [1.82, 2.24) is 10.2 Å². The molecule has 1 saturated heterocycles. The molecule has 1 aliphatic heterocycles. The van der Waals surface area contributed by atoms with Crippen molar-refractivity contribution in [2.45, 2.75) is 50.6 Å². The molecule has 1 amide bonds. The van der Waals surface area contributed by atoms with Gasteiger partial charge in [-0.1, -0.05) is 12.8 Å². The first-order valence-electron chi connectivity index (χ1n) is 6.44. The second-order valence-electron chi connectivity index (χ2n) is 4.95. The Hall–Kier alpha value is -1.10. The largest absolute Gasteiger partial charge is 0.480 e. The van der Waals surface area contributed by atoms with E-state index in [1.54, 1.807) is 0 Å². The normalized spacial score (nSPS) is 25.4. The van der Waals surface area contributed by atoms with Gasteiger partial charge in [0.15, 0.2) is 0 Å². The maximum Gasteiger partial charge on any atom is 0.326 e. The third kappa shape index (κ3) is 2.97. The summed E-state index contributed by atoms with van der Waals surface area (Å²) in [6, 6.07) is -0.155. The predicted octanol–water partition coefficient (Wildman–Crippen LogP) is 0.594. The van der Waals surface area contributed by atoms with Gasteiger partial charge >= 0.3 is 5.97 Å². The molecule has 1 saturated carbocycles. The maximum atomic E-state index is 11.9. The van der Waals surface area contributed by atoms with Crippen molar-refractivity contribution in [1.29, 1.82) is 0 Å². The van der Waals surface area contributed by atoms with E-state index in [-0.39, 0.29) is 12.5 Å². The van der Waals surface area contributed by atoms with Crippen LogP contribution in [0.3, 0.4) is 0 Å². The summed E-state index contributed by atoms with van der Waals surface area (Å²) in [6.45, 7) is 0.872. The molecule has 1 heterocycles. The molecular weight excluding hydrogens is 220 g/mol. The number of carboxylic acid groups (broad SMARTS) is 1. The second-order valence-corrected chi connectivity index (χ2v) is 4.95. The highest BCUT2D eigenvalue weighted by Crippen LogP contribution is 2.19. The molecule has 0 aromatic heterocycles. The number of rotatable bonds is 4. The lowest BCUT2D eigenvalue weighted by atomic mass is 10.2. The molecule has 0 aromatic carbocycles. The average molecular weight is 240 g/mol. The molecule has 5 nitrogen and oxygen atoms in total. The molecule has 1 atom stereocenters. The zero-order valence-corrected chi connectivity index (χ0v) is 10.0. The highest BCUT2D eigenvalue weighted by molar-refractivity contribution is 5.85. The number of carboxylic acids is 1. The average Bonchev–Trinajstić information content (AvgIpc) is 2.96. The molecule has 2 aliphatic rings. The molecule has 2 fully saturated rings. The van der Waals surface area contributed by atoms with Crippen molar-refractivity contribution in [2.75, 3.05) is 13.1 Å². The van der Waals surface area contributed by atoms with Gasteiger partial charge in [0, 0.05) is 12.6 Å². The van der Waals surface area contributed by atoms with E-state index in [0.29, 0.717) is 19.0 Å². The van der Waals surface area contributed by atoms with Crippen LogP contribution in [0.2, 0.25) is 0 Å². The minimum Gasteiger partial charge on any atom is -0.480 e. The minimum atomic E-state index is -0.878. The Labute approximate surface area is 101 Å². The number of hydrogen-bond donors (Lipinski definition) is 2. The first-order chi connectivity index (χ1) is 8.18. The second kappa shape index (κ2) is 5.49. The first-order valence-corrected chi connectivity index (χ1v) is 6.44. The highest BCUT2D eigenvalue weighted by Gasteiger charge is 2.33. The summed E-state index contributed by atoms with van der Waals surface area (Å²) in [7, 11) is 0. The predicted molar refractivity (Wildman–Crippen MR) is 62.6 cm³/mol. The van der Waals surface area contributed by atoms with Crippen LogP contribution in [0.15, 0.2) is 0 Å². The fraction of sp³-hybridized carbons (Fsp3) is 0.833. The fourth-order valence-corrected chi connectivity index (χ4v) is 2.79. The fourth-order valence-electron chi connectivity index (χ4n) is 2.79. The lowest BCUT2D eigenvalue weighted by molar-refractivity contribution is -0.147. The van der Waals surface area contributed by atoms with E-state index < -0.39 is 12.0 Å². The Kier molecular flexibility index (Phi) is 3.99. The third-order valence-electron chi connectivity index (χ3n) is 3.76. The van der Waals surface area contributed by atoms with E-state index in [4.69, 9.17) is 5.11 Å². The van der Waals surface area contributed by atoms with Crippen molar-refractivity contribution < 1.29 is 14.7 Å². The van der Waals surface area contributed by atoms with Crippen molar-refractivity contribution in [3.05, 3.63) is 0 Å². The van der Waals surface area contributed by atoms with Gasteiger partial charge in [0.1, 0.15) is 6.04 Å². The smallest absolute Gasteiger partial charge is 0.326 e. The summed E-state index contributed by atoms with van der Waals surface area (Å²) in [5, 5.41) is 12.2. The number of likely N-dealkylation sites (tertiary alicyclic amines) is 1. The standard InChI is InChI=1S/C12H20N2O3/c15-11(8-13-9-4-1-2-5-9)14-7-3-6-10(14)12(16)17/h9-10,13H,1-8H2,(H,16,17)/t10-/m1/s1. The maximum absolute atomic E-state index is 11.9. The molecule has 0 radical (unpaired) electrons. The monoisotopic (exact) mass is 240 g/mol. The lowest BCUT2D eigenvalue weighted by Gasteiger charge is -2.22. The number of carbonyl (C=O) groups excluding carboxylic acids is 1. The van der Waals surface area contributed by atoms with Crippen molar-refractivity contribution >= 4 is 11.9 Å². The zero-order chi connectivity index (χ0) is 12.3. The van der Waals surface area contributed by atoms with Crippen LogP contribution in [0.1, 0.15) is 38.5 Å². The van der Waals surface area contributed by atoms with Gasteiger partial charge in [0.25, 0.3) is 0 Å². The Morgan fingerprint density at radius 2 is 1.88 bits per heavy atom. The van der Waals surface area contributed by atoms with E-state index in [0.717, 1.165) is 19.3 Å². The molecule has 0 spiro atoms. The Balaban J connectivity index is 1.80. The number of nitrogens with one attached hydrogen (secondary N) is 1. The molecule has 96 valence electrons. The third-order valence-corrected chi connectivity index (χ3v) is 3.76. The summed E-state index contributed by atoms with van der Waals surface area (Å²) >= 11 is 0. The first kappa shape index (κ1) is 12.4. The van der Waals surface area contributed by atoms with Gasteiger partial charge in [0.2, 0.25) is 5.91 Å². The van der Waals surface area contributed by atoms with Gasteiger partial charge < -0.3 is 15.3 Å². The summed E-state index contributed by atoms with van der Waals surface area (Å²) in [5.41, 5.74) is 0. The van der Waals surface area contributed by atoms with Crippen LogP contribution in [-0.2, 0) is 9.59 Å². The molecule has 17 heavy (non-hydrogen) atoms. The van der Waals surface area contributed by atoms with E-state index in [9.17, 15) is 9.59 Å². The van der Waals surface area contributed by atoms with Gasteiger partial charge in [-0.2, -0.15) is 0 Å². The lowest BCUT2D eigenvalue weighted by Crippen LogP contribution is -2.45. The van der Waals surface area contributed by atoms with Crippen LogP contribution in [0, 0.1) is 0 Å². The van der Waals surface area contributed by atoms with Crippen LogP contribution >= 0.6 is 0 Å². The molecule has 5 heteroatoms. The Morgan fingerprint density at radius 3 is 2.53 bits per heavy atom. The van der Waals surface area contributed by atoms with E-state index in [1.807, 2.05) is 0 Å². The molecule has 0 aromatic rings. The summed E-state index contributed by atoms with van der Waals surface area (Å²) in [6.07, 6.45) is 6.11. The van der Waals surface area contributed by atoms with Gasteiger partial charge in [-0.3, -0.25) is 4.79 Å². The van der Waals surface area contributed by atoms with E-state index >= 15 is 0 Å². The van der Waals surface area contributed by atoms with Gasteiger partial charge in [0.05, 0.1) is 6.54 Å². The van der Waals surface area contributed by atoms with Crippen molar-refractivity contribution in [3.8, 4) is 0 Å². The number of carbonyl (C=O) groups is 2. The Bertz CT molecular complexity index is 300. The number of aliphatic carboxylic acids is 1. The molecule has 0 unspecified atom stereocenters. The van der Waals surface area contributed by atoms with Crippen LogP contribution in [-0.4, -0.2) is 47.1 Å². The van der Waals surface area contributed by atoms with E-state index in [1.165, 1.54) is 17.7 Å². The molecule has 2 rings (SSSR count). The van der Waals surface area contributed by atoms with E-state index in [2.05, 4.69) is 5.32 Å². The quantitative estimate of drug-likeness (QED) is 0.754. The van der Waals surface area contributed by atoms with Gasteiger partial charge in [-0.05, 0) is 25.7 Å². The number of hydrogen-bond acceptors (Lipinski definition) is 3. The van der Waals surface area contributed by atoms with Crippen molar-refractivity contribution in [3.63, 3.8) is 0 Å². The Morgan fingerprint density at radius 1 is 1.18 bits per heavy atom. The highest BCUT2D eigenvalue weighted by atomic mass is 16.4. The molecular formula is C12H20N2O3. The SMILES string of the molecule is O=C(O)[C@H]1CCCN1C(=O)CNC1CCCC1. The number of nitrogens with zero attached hydrogens (tertiary/aromatic N) is 1. The van der Waals surface area contributed by atoms with Gasteiger partial charge in [-0.15, -0.1) is 0 Å². The zero-order valence-electron chi connectivity index (χ0n) is 10.0. The van der Waals surface area contributed by atoms with Crippen LogP contribution in [0.5, 0.6) is 0 Å². The molecule has 0 bridgehead atoms. The summed E-state index contributed by atoms with van der Waals surface area (Å²) in [5.74, 6) is -0.946. The van der Waals surface area contributed by atoms with Crippen LogP contribution in [0.25, 0.3) is 0 Å². The topological polar surface area (TPSA) is 69.6 Å². The summed E-state index contributed by atoms with van der Waals surface area (Å²) in [4.78, 5) is 24.4. The van der Waals surface area contributed by atoms with Gasteiger partial charge in [-0.25, -0.2) is 4.79 Å². The minimum absolute atomic E-state index is 0.0678. The molecule has 1 aliphatic carbocycles. The van der Waals surface area contributed by atoms with Crippen LogP contribution < -0.4 is 5.32 Å². The summed E-state index contributed by atoms with van der Waals surface area (Å²) < 4.78 is 0. The van der Waals surface area contributed by atoms with Crippen molar-refractivity contribution in [2.24, 2.45) is 0 Å². The van der Waals surface area contributed by atoms with Crippen LogP contribution in [0.4, 0.5) is 0 Å². The molecule has 2 N–H and O–H groups in total.